The van der Waals surface area contributed by atoms with Crippen LogP contribution in [0, 0.1) is 0 Å². The smallest absolute Gasteiger partial charge is 0.355 e. The first-order valence-corrected chi connectivity index (χ1v) is 10.9. The molecule has 0 aliphatic carbocycles. The molecular weight excluding hydrogens is 475 g/mol. The molecule has 0 atom stereocenters. The summed E-state index contributed by atoms with van der Waals surface area (Å²) in [4.78, 5) is 28.5. The number of alkyl halides is 3. The van der Waals surface area contributed by atoms with E-state index < -0.39 is 11.6 Å². The minimum Gasteiger partial charge on any atom is -0.355 e. The van der Waals surface area contributed by atoms with E-state index in [0.29, 0.717) is 16.7 Å². The average molecular weight is 497 g/mol. The summed E-state index contributed by atoms with van der Waals surface area (Å²) in [5.74, 6) is -0.0453. The monoisotopic (exact) mass is 497 g/mol. The van der Waals surface area contributed by atoms with Crippen LogP contribution in [0.1, 0.15) is 35.3 Å². The summed E-state index contributed by atoms with van der Waals surface area (Å²) >= 11 is 0. The van der Waals surface area contributed by atoms with Crippen LogP contribution >= 0.6 is 0 Å². The van der Waals surface area contributed by atoms with Crippen LogP contribution in [-0.2, 0) is 12.0 Å². The number of carbonyl (C=O) groups excluding carboxylic acids is 1. The van der Waals surface area contributed by atoms with Crippen molar-refractivity contribution in [3.05, 3.63) is 87.7 Å². The summed E-state index contributed by atoms with van der Waals surface area (Å²) in [6, 6.07) is 15.3. The SMILES string of the molecule is CNC(=O)c1cccc(Cn2nc(-c3nc(-c4ccc(C(C)(C)C(F)(F)F)cc4)no3)ccc2=O)c1. The number of rotatable bonds is 6. The molecule has 1 amide bonds. The summed E-state index contributed by atoms with van der Waals surface area (Å²) in [5.41, 5.74) is -0.424. The second-order valence-corrected chi connectivity index (χ2v) is 8.62. The van der Waals surface area contributed by atoms with Gasteiger partial charge in [0, 0.05) is 24.2 Å². The lowest BCUT2D eigenvalue weighted by atomic mass is 9.83. The number of amides is 1. The van der Waals surface area contributed by atoms with Gasteiger partial charge in [-0.15, -0.1) is 0 Å². The summed E-state index contributed by atoms with van der Waals surface area (Å²) in [6.07, 6.45) is -4.40. The molecule has 2 aromatic carbocycles. The lowest BCUT2D eigenvalue weighted by Crippen LogP contribution is -2.36. The highest BCUT2D eigenvalue weighted by atomic mass is 19.4. The quantitative estimate of drug-likeness (QED) is 0.428. The molecule has 4 rings (SSSR count). The van der Waals surface area contributed by atoms with Crippen molar-refractivity contribution in [2.24, 2.45) is 0 Å². The Bertz CT molecular complexity index is 1460. The van der Waals surface area contributed by atoms with E-state index in [1.165, 1.54) is 48.1 Å². The molecule has 0 aliphatic heterocycles. The highest BCUT2D eigenvalue weighted by Gasteiger charge is 2.48. The molecule has 0 bridgehead atoms. The fourth-order valence-corrected chi connectivity index (χ4v) is 3.45. The third kappa shape index (κ3) is 4.90. The minimum absolute atomic E-state index is 0.0394. The number of hydrogen-bond acceptors (Lipinski definition) is 6. The molecule has 8 nitrogen and oxygen atoms in total. The molecule has 2 aromatic heterocycles. The van der Waals surface area contributed by atoms with E-state index in [9.17, 15) is 22.8 Å². The lowest BCUT2D eigenvalue weighted by molar-refractivity contribution is -0.180. The highest BCUT2D eigenvalue weighted by Crippen LogP contribution is 2.40. The van der Waals surface area contributed by atoms with Gasteiger partial charge in [-0.25, -0.2) is 4.68 Å². The zero-order chi connectivity index (χ0) is 26.1. The first kappa shape index (κ1) is 24.8. The molecule has 0 fully saturated rings. The highest BCUT2D eigenvalue weighted by molar-refractivity contribution is 5.94. The third-order valence-electron chi connectivity index (χ3n) is 5.83. The van der Waals surface area contributed by atoms with E-state index >= 15 is 0 Å². The van der Waals surface area contributed by atoms with E-state index in [0.717, 1.165) is 13.8 Å². The number of hydrogen-bond donors (Lipinski definition) is 1. The van der Waals surface area contributed by atoms with Crippen LogP contribution in [-0.4, -0.2) is 39.1 Å². The van der Waals surface area contributed by atoms with Crippen LogP contribution in [0.2, 0.25) is 0 Å². The molecule has 2 heterocycles. The van der Waals surface area contributed by atoms with Gasteiger partial charge < -0.3 is 9.84 Å². The fourth-order valence-electron chi connectivity index (χ4n) is 3.45. The predicted octanol–water partition coefficient (Wildman–Crippen LogP) is 4.21. The molecule has 1 N–H and O–H groups in total. The van der Waals surface area contributed by atoms with Gasteiger partial charge in [-0.05, 0) is 43.2 Å². The van der Waals surface area contributed by atoms with E-state index in [-0.39, 0.29) is 41.0 Å². The Morgan fingerprint density at radius 2 is 1.78 bits per heavy atom. The predicted molar refractivity (Wildman–Crippen MR) is 125 cm³/mol. The largest absolute Gasteiger partial charge is 0.397 e. The van der Waals surface area contributed by atoms with Crippen LogP contribution in [0.15, 0.2) is 70.0 Å². The molecular formula is C25H22F3N5O3. The van der Waals surface area contributed by atoms with Crippen molar-refractivity contribution in [1.82, 2.24) is 25.2 Å². The first-order chi connectivity index (χ1) is 17.0. The molecule has 0 saturated heterocycles. The van der Waals surface area contributed by atoms with Crippen molar-refractivity contribution in [3.63, 3.8) is 0 Å². The second-order valence-electron chi connectivity index (χ2n) is 8.62. The molecule has 0 radical (unpaired) electrons. The maximum Gasteiger partial charge on any atom is 0.397 e. The normalized spacial score (nSPS) is 11.9. The molecule has 36 heavy (non-hydrogen) atoms. The molecule has 0 spiro atoms. The van der Waals surface area contributed by atoms with E-state index in [1.807, 2.05) is 0 Å². The number of carbonyl (C=O) groups is 1. The van der Waals surface area contributed by atoms with Gasteiger partial charge in [-0.1, -0.05) is 41.6 Å². The zero-order valence-electron chi connectivity index (χ0n) is 19.6. The van der Waals surface area contributed by atoms with Gasteiger partial charge in [0.2, 0.25) is 5.82 Å². The van der Waals surface area contributed by atoms with Crippen LogP contribution in [0.25, 0.3) is 23.0 Å². The molecule has 0 saturated carbocycles. The summed E-state index contributed by atoms with van der Waals surface area (Å²) in [6.45, 7) is 2.34. The van der Waals surface area contributed by atoms with Crippen molar-refractivity contribution >= 4 is 5.91 Å². The Labute approximate surface area is 203 Å². The van der Waals surface area contributed by atoms with Crippen LogP contribution in [0.3, 0.4) is 0 Å². The maximum absolute atomic E-state index is 13.3. The van der Waals surface area contributed by atoms with Gasteiger partial charge in [0.15, 0.2) is 0 Å². The first-order valence-electron chi connectivity index (χ1n) is 10.9. The molecule has 0 unspecified atom stereocenters. The number of halogens is 3. The number of nitrogens with zero attached hydrogens (tertiary/aromatic N) is 4. The second kappa shape index (κ2) is 9.40. The van der Waals surface area contributed by atoms with Gasteiger partial charge in [0.1, 0.15) is 5.69 Å². The van der Waals surface area contributed by atoms with Gasteiger partial charge in [0.05, 0.1) is 12.0 Å². The molecule has 11 heteroatoms. The van der Waals surface area contributed by atoms with Crippen LogP contribution < -0.4 is 10.9 Å². The summed E-state index contributed by atoms with van der Waals surface area (Å²) in [7, 11) is 1.53. The van der Waals surface area contributed by atoms with Crippen molar-refractivity contribution in [2.45, 2.75) is 32.0 Å². The van der Waals surface area contributed by atoms with Gasteiger partial charge in [-0.3, -0.25) is 9.59 Å². The Morgan fingerprint density at radius 1 is 1.06 bits per heavy atom. The number of nitrogens with one attached hydrogen (secondary N) is 1. The standard InChI is InChI=1S/C25H22F3N5O3/c1-24(2,25(26,27)28)18-9-7-16(8-10-18)21-30-23(36-32-21)19-11-12-20(34)33(31-19)14-15-5-4-6-17(13-15)22(35)29-3/h4-13H,14H2,1-3H3,(H,29,35). The van der Waals surface area contributed by atoms with E-state index in [1.54, 1.807) is 24.3 Å². The fraction of sp³-hybridized carbons (Fsp3) is 0.240. The third-order valence-corrected chi connectivity index (χ3v) is 5.83. The summed E-state index contributed by atoms with van der Waals surface area (Å²) < 4.78 is 46.4. The van der Waals surface area contributed by atoms with Crippen molar-refractivity contribution < 1.29 is 22.5 Å². The Balaban J connectivity index is 1.58. The van der Waals surface area contributed by atoms with Crippen LogP contribution in [0.4, 0.5) is 13.2 Å². The Morgan fingerprint density at radius 3 is 2.44 bits per heavy atom. The van der Waals surface area contributed by atoms with E-state index in [4.69, 9.17) is 4.52 Å². The molecule has 4 aromatic rings. The minimum atomic E-state index is -4.40. The Hall–Kier alpha value is -4.28. The van der Waals surface area contributed by atoms with Crippen molar-refractivity contribution in [1.29, 1.82) is 0 Å². The van der Waals surface area contributed by atoms with Crippen molar-refractivity contribution in [2.75, 3.05) is 7.05 Å². The molecule has 0 aliphatic rings. The Kier molecular flexibility index (Phi) is 6.49. The maximum atomic E-state index is 13.3. The summed E-state index contributed by atoms with van der Waals surface area (Å²) in [5, 5.41) is 10.7. The number of benzene rings is 2. The van der Waals surface area contributed by atoms with Gasteiger partial charge >= 0.3 is 6.18 Å². The average Bonchev–Trinajstić information content (AvgIpc) is 3.35. The van der Waals surface area contributed by atoms with Gasteiger partial charge in [0.25, 0.3) is 17.4 Å². The molecule has 186 valence electrons. The van der Waals surface area contributed by atoms with Crippen LogP contribution in [0.5, 0.6) is 0 Å². The van der Waals surface area contributed by atoms with Crippen molar-refractivity contribution in [3.8, 4) is 23.0 Å². The zero-order valence-corrected chi connectivity index (χ0v) is 19.6. The van der Waals surface area contributed by atoms with Gasteiger partial charge in [-0.2, -0.15) is 23.3 Å². The lowest BCUT2D eigenvalue weighted by Gasteiger charge is -2.28. The topological polar surface area (TPSA) is 103 Å². The van der Waals surface area contributed by atoms with E-state index in [2.05, 4.69) is 20.6 Å². The number of aromatic nitrogens is 4.